The highest BCUT2D eigenvalue weighted by Gasteiger charge is 2.64. The van der Waals surface area contributed by atoms with Crippen LogP contribution in [0.3, 0.4) is 0 Å². The Morgan fingerprint density at radius 1 is 1.18 bits per heavy atom. The van der Waals surface area contributed by atoms with E-state index in [9.17, 15) is 9.59 Å². The topological polar surface area (TPSA) is 34.1 Å². The van der Waals surface area contributed by atoms with Gasteiger partial charge in [0, 0.05) is 17.3 Å². The van der Waals surface area contributed by atoms with Gasteiger partial charge >= 0.3 is 0 Å². The second-order valence-corrected chi connectivity index (χ2v) is 7.02. The summed E-state index contributed by atoms with van der Waals surface area (Å²) in [6.45, 7) is 8.28. The van der Waals surface area contributed by atoms with E-state index in [1.807, 2.05) is 26.8 Å². The van der Waals surface area contributed by atoms with Gasteiger partial charge in [0.25, 0.3) is 0 Å². The van der Waals surface area contributed by atoms with Gasteiger partial charge in [-0.3, -0.25) is 9.59 Å². The first kappa shape index (κ1) is 11.2. The Labute approximate surface area is 102 Å². The molecule has 0 radical (unpaired) electrons. The molecule has 4 atom stereocenters. The summed E-state index contributed by atoms with van der Waals surface area (Å²) in [4.78, 5) is 24.3. The van der Waals surface area contributed by atoms with Crippen LogP contribution >= 0.6 is 0 Å². The molecule has 0 aromatic rings. The van der Waals surface area contributed by atoms with Gasteiger partial charge in [0.2, 0.25) is 0 Å². The average Bonchev–Trinajstić information content (AvgIpc) is 2.86. The summed E-state index contributed by atoms with van der Waals surface area (Å²) in [7, 11) is 0. The van der Waals surface area contributed by atoms with Crippen LogP contribution in [-0.2, 0) is 9.59 Å². The Kier molecular flexibility index (Phi) is 1.91. The number of carbonyl (C=O) groups is 2. The largest absolute Gasteiger partial charge is 0.299 e. The molecule has 0 N–H and O–H groups in total. The molecule has 0 aliphatic heterocycles. The Bertz CT molecular complexity index is 458. The molecule has 17 heavy (non-hydrogen) atoms. The summed E-state index contributed by atoms with van der Waals surface area (Å²) in [5.41, 5.74) is 1.02. The second-order valence-electron chi connectivity index (χ2n) is 7.02. The molecular weight excluding hydrogens is 212 g/mol. The van der Waals surface area contributed by atoms with Crippen LogP contribution in [0.15, 0.2) is 11.6 Å². The molecule has 0 aromatic heterocycles. The predicted molar refractivity (Wildman–Crippen MR) is 65.4 cm³/mol. The fourth-order valence-electron chi connectivity index (χ4n) is 3.92. The van der Waals surface area contributed by atoms with Crippen molar-refractivity contribution >= 4 is 11.6 Å². The van der Waals surface area contributed by atoms with Crippen LogP contribution in [0.1, 0.15) is 40.5 Å². The van der Waals surface area contributed by atoms with Crippen LogP contribution in [-0.4, -0.2) is 11.6 Å². The van der Waals surface area contributed by atoms with Crippen molar-refractivity contribution in [3.05, 3.63) is 11.6 Å². The van der Waals surface area contributed by atoms with Crippen molar-refractivity contribution in [2.75, 3.05) is 0 Å². The van der Waals surface area contributed by atoms with Gasteiger partial charge in [-0.25, -0.2) is 0 Å². The molecule has 3 rings (SSSR count). The predicted octanol–water partition coefficient (Wildman–Crippen LogP) is 2.77. The van der Waals surface area contributed by atoms with Gasteiger partial charge in [-0.2, -0.15) is 0 Å². The van der Waals surface area contributed by atoms with E-state index in [0.717, 1.165) is 12.8 Å². The smallest absolute Gasteiger partial charge is 0.159 e. The molecule has 0 heterocycles. The van der Waals surface area contributed by atoms with Crippen molar-refractivity contribution < 1.29 is 9.59 Å². The Morgan fingerprint density at radius 3 is 2.47 bits per heavy atom. The number of hydrogen-bond acceptors (Lipinski definition) is 2. The van der Waals surface area contributed by atoms with E-state index in [0.29, 0.717) is 11.7 Å². The fraction of sp³-hybridized carbons (Fsp3) is 0.733. The normalized spacial score (nSPS) is 47.1. The van der Waals surface area contributed by atoms with E-state index < -0.39 is 0 Å². The maximum atomic E-state index is 12.4. The number of fused-ring (bicyclic) bond motifs is 3. The van der Waals surface area contributed by atoms with Crippen LogP contribution in [0.5, 0.6) is 0 Å². The lowest BCUT2D eigenvalue weighted by Crippen LogP contribution is -2.29. The molecular formula is C15H20O2. The molecule has 0 bridgehead atoms. The Balaban J connectivity index is 2.09. The SMILES string of the molecule is C[C@H]1C(=O)C=C2[C@@H]1CC(C)(C)C(=O)[C@@H]1C[C@]21C. The van der Waals surface area contributed by atoms with Crippen molar-refractivity contribution in [3.8, 4) is 0 Å². The molecule has 2 nitrogen and oxygen atoms in total. The van der Waals surface area contributed by atoms with Gasteiger partial charge in [0.1, 0.15) is 5.78 Å². The first-order valence-corrected chi connectivity index (χ1v) is 6.57. The second kappa shape index (κ2) is 2.90. The third-order valence-electron chi connectivity index (χ3n) is 5.36. The van der Waals surface area contributed by atoms with Gasteiger partial charge < -0.3 is 0 Å². The minimum Gasteiger partial charge on any atom is -0.299 e. The van der Waals surface area contributed by atoms with Crippen molar-refractivity contribution in [2.45, 2.75) is 40.5 Å². The van der Waals surface area contributed by atoms with E-state index in [-0.39, 0.29) is 28.4 Å². The lowest BCUT2D eigenvalue weighted by molar-refractivity contribution is -0.129. The van der Waals surface area contributed by atoms with Crippen molar-refractivity contribution in [3.63, 3.8) is 0 Å². The molecule has 0 saturated heterocycles. The molecule has 0 aromatic carbocycles. The Hall–Kier alpha value is -0.920. The third-order valence-corrected chi connectivity index (χ3v) is 5.36. The van der Waals surface area contributed by atoms with Crippen LogP contribution in [0.2, 0.25) is 0 Å². The number of hydrogen-bond donors (Lipinski definition) is 0. The summed E-state index contributed by atoms with van der Waals surface area (Å²) in [6.07, 6.45) is 3.65. The van der Waals surface area contributed by atoms with E-state index in [4.69, 9.17) is 0 Å². The maximum absolute atomic E-state index is 12.4. The summed E-state index contributed by atoms with van der Waals surface area (Å²) in [5.74, 6) is 1.23. The highest BCUT2D eigenvalue weighted by molar-refractivity contribution is 5.98. The van der Waals surface area contributed by atoms with Gasteiger partial charge in [0.15, 0.2) is 5.78 Å². The first-order chi connectivity index (χ1) is 7.77. The van der Waals surface area contributed by atoms with Crippen LogP contribution in [0, 0.1) is 28.6 Å². The van der Waals surface area contributed by atoms with Crippen LogP contribution in [0.4, 0.5) is 0 Å². The summed E-state index contributed by atoms with van der Waals surface area (Å²) >= 11 is 0. The molecule has 3 aliphatic carbocycles. The first-order valence-electron chi connectivity index (χ1n) is 6.57. The number of carbonyl (C=O) groups excluding carboxylic acids is 2. The van der Waals surface area contributed by atoms with Gasteiger partial charge in [-0.1, -0.05) is 33.3 Å². The molecule has 0 spiro atoms. The van der Waals surface area contributed by atoms with Crippen molar-refractivity contribution in [1.82, 2.24) is 0 Å². The molecule has 92 valence electrons. The van der Waals surface area contributed by atoms with Gasteiger partial charge in [0.05, 0.1) is 0 Å². The van der Waals surface area contributed by atoms with E-state index in [1.165, 1.54) is 5.57 Å². The number of ketones is 2. The van der Waals surface area contributed by atoms with Gasteiger partial charge in [-0.05, 0) is 30.3 Å². The van der Waals surface area contributed by atoms with Crippen molar-refractivity contribution in [1.29, 1.82) is 0 Å². The van der Waals surface area contributed by atoms with E-state index in [1.54, 1.807) is 0 Å². The summed E-state index contributed by atoms with van der Waals surface area (Å²) < 4.78 is 0. The fourth-order valence-corrected chi connectivity index (χ4v) is 3.92. The van der Waals surface area contributed by atoms with E-state index in [2.05, 4.69) is 6.92 Å². The molecule has 2 fully saturated rings. The summed E-state index contributed by atoms with van der Waals surface area (Å²) in [6, 6.07) is 0. The zero-order valence-electron chi connectivity index (χ0n) is 11.0. The number of rotatable bonds is 0. The highest BCUT2D eigenvalue weighted by atomic mass is 16.1. The monoisotopic (exact) mass is 232 g/mol. The third kappa shape index (κ3) is 1.27. The quantitative estimate of drug-likeness (QED) is 0.643. The minimum atomic E-state index is -0.262. The summed E-state index contributed by atoms with van der Waals surface area (Å²) in [5, 5.41) is 0. The van der Waals surface area contributed by atoms with Crippen molar-refractivity contribution in [2.24, 2.45) is 28.6 Å². The number of Topliss-reactive ketones (excluding diaryl/α,β-unsaturated/α-hetero) is 1. The molecule has 0 amide bonds. The van der Waals surface area contributed by atoms with Gasteiger partial charge in [-0.15, -0.1) is 0 Å². The zero-order chi connectivity index (χ0) is 12.6. The molecule has 2 heteroatoms. The molecule has 0 unspecified atom stereocenters. The van der Waals surface area contributed by atoms with Crippen LogP contribution in [0.25, 0.3) is 0 Å². The minimum absolute atomic E-state index is 0.00986. The van der Waals surface area contributed by atoms with Crippen LogP contribution < -0.4 is 0 Å². The maximum Gasteiger partial charge on any atom is 0.159 e. The zero-order valence-corrected chi connectivity index (χ0v) is 11.0. The molecule has 3 aliphatic rings. The average molecular weight is 232 g/mol. The van der Waals surface area contributed by atoms with E-state index >= 15 is 0 Å². The number of allylic oxidation sites excluding steroid dienone is 2. The lowest BCUT2D eigenvalue weighted by atomic mass is 9.75. The molecule has 2 saturated carbocycles. The lowest BCUT2D eigenvalue weighted by Gasteiger charge is -2.28. The highest BCUT2D eigenvalue weighted by Crippen LogP contribution is 2.66. The standard InChI is InChI=1S/C15H20O2/c1-8-9-6-14(2,3)13(17)11-7-15(11,4)10(9)5-12(8)16/h5,8-9,11H,6-7H2,1-4H3/t8-,9-,11+,15-/m1/s1. The Morgan fingerprint density at radius 2 is 1.82 bits per heavy atom.